The van der Waals surface area contributed by atoms with Crippen molar-refractivity contribution in [1.29, 1.82) is 0 Å². The quantitative estimate of drug-likeness (QED) is 0.648. The van der Waals surface area contributed by atoms with Gasteiger partial charge in [-0.3, -0.25) is 4.79 Å². The van der Waals surface area contributed by atoms with Crippen LogP contribution in [0.15, 0.2) is 30.6 Å². The van der Waals surface area contributed by atoms with Crippen LogP contribution in [0.2, 0.25) is 0 Å². The largest absolute Gasteiger partial charge is 0.380 e. The van der Waals surface area contributed by atoms with Gasteiger partial charge in [0.15, 0.2) is 0 Å². The van der Waals surface area contributed by atoms with Crippen LogP contribution < -0.4 is 10.2 Å². The van der Waals surface area contributed by atoms with Crippen LogP contribution in [0.5, 0.6) is 0 Å². The first-order valence-electron chi connectivity index (χ1n) is 10.4. The predicted molar refractivity (Wildman–Crippen MR) is 121 cm³/mol. The molecule has 0 aliphatic carbocycles. The molecule has 3 aromatic rings. The number of benzene rings is 1. The Morgan fingerprint density at radius 1 is 1.23 bits per heavy atom. The van der Waals surface area contributed by atoms with Gasteiger partial charge in [0, 0.05) is 37.5 Å². The molecule has 6 nitrogen and oxygen atoms in total. The Morgan fingerprint density at radius 3 is 2.77 bits per heavy atom. The molecule has 0 spiro atoms. The van der Waals surface area contributed by atoms with Gasteiger partial charge in [0.2, 0.25) is 5.91 Å². The average Bonchev–Trinajstić information content (AvgIpc) is 3.06. The van der Waals surface area contributed by atoms with Crippen LogP contribution >= 0.6 is 11.3 Å². The van der Waals surface area contributed by atoms with Crippen molar-refractivity contribution >= 4 is 33.3 Å². The molecule has 2 aromatic heterocycles. The standard InChI is InChI=1S/C23H28N4O2S/c1-15-16(2)30-23-20(15)21(25-14-26-23)27-9-7-19(8-10-27)22(28)24-12-17-5-4-6-18(11-17)13-29-3/h4-6,11,14,19H,7-10,12-13H2,1-3H3,(H,24,28). The van der Waals surface area contributed by atoms with Crippen LogP contribution in [0.4, 0.5) is 5.82 Å². The number of hydrogen-bond acceptors (Lipinski definition) is 6. The number of ether oxygens (including phenoxy) is 1. The third-order valence-electron chi connectivity index (χ3n) is 5.88. The number of anilines is 1. The van der Waals surface area contributed by atoms with Gasteiger partial charge in [-0.25, -0.2) is 9.97 Å². The van der Waals surface area contributed by atoms with E-state index >= 15 is 0 Å². The number of aryl methyl sites for hydroxylation is 2. The molecule has 4 rings (SSSR count). The smallest absolute Gasteiger partial charge is 0.223 e. The van der Waals surface area contributed by atoms with Gasteiger partial charge in [0.1, 0.15) is 17.0 Å². The summed E-state index contributed by atoms with van der Waals surface area (Å²) in [7, 11) is 1.69. The number of aromatic nitrogens is 2. The maximum Gasteiger partial charge on any atom is 0.223 e. The highest BCUT2D eigenvalue weighted by Crippen LogP contribution is 2.35. The molecule has 158 valence electrons. The molecular weight excluding hydrogens is 396 g/mol. The van der Waals surface area contributed by atoms with Gasteiger partial charge < -0.3 is 15.0 Å². The predicted octanol–water partition coefficient (Wildman–Crippen LogP) is 3.99. The monoisotopic (exact) mass is 424 g/mol. The molecule has 0 bridgehead atoms. The molecule has 0 radical (unpaired) electrons. The molecule has 0 saturated carbocycles. The van der Waals surface area contributed by atoms with Gasteiger partial charge in [0.25, 0.3) is 0 Å². The fourth-order valence-corrected chi connectivity index (χ4v) is 5.08. The minimum atomic E-state index is 0.0473. The van der Waals surface area contributed by atoms with E-state index < -0.39 is 0 Å². The molecule has 1 aliphatic rings. The van der Waals surface area contributed by atoms with Crippen molar-refractivity contribution in [3.05, 3.63) is 52.2 Å². The lowest BCUT2D eigenvalue weighted by atomic mass is 9.95. The Balaban J connectivity index is 1.36. The molecular formula is C23H28N4O2S. The van der Waals surface area contributed by atoms with Crippen LogP contribution in [0.1, 0.15) is 34.4 Å². The molecule has 1 N–H and O–H groups in total. The summed E-state index contributed by atoms with van der Waals surface area (Å²) in [5.41, 5.74) is 3.48. The fraction of sp³-hybridized carbons (Fsp3) is 0.435. The van der Waals surface area contributed by atoms with E-state index in [2.05, 4.69) is 40.1 Å². The number of nitrogens with zero attached hydrogens (tertiary/aromatic N) is 3. The van der Waals surface area contributed by atoms with Crippen LogP contribution in [-0.2, 0) is 22.7 Å². The highest BCUT2D eigenvalue weighted by molar-refractivity contribution is 7.18. The van der Waals surface area contributed by atoms with Gasteiger partial charge in [0.05, 0.1) is 12.0 Å². The molecule has 1 amide bonds. The number of nitrogens with one attached hydrogen (secondary N) is 1. The van der Waals surface area contributed by atoms with E-state index in [1.54, 1.807) is 24.8 Å². The summed E-state index contributed by atoms with van der Waals surface area (Å²) < 4.78 is 5.19. The van der Waals surface area contributed by atoms with Crippen molar-refractivity contribution < 1.29 is 9.53 Å². The Bertz CT molecular complexity index is 1040. The number of thiophene rings is 1. The molecule has 1 aliphatic heterocycles. The summed E-state index contributed by atoms with van der Waals surface area (Å²) in [6.45, 7) is 7.08. The summed E-state index contributed by atoms with van der Waals surface area (Å²) in [5, 5.41) is 4.28. The number of fused-ring (bicyclic) bond motifs is 1. The minimum Gasteiger partial charge on any atom is -0.380 e. The van der Waals surface area contributed by atoms with Crippen molar-refractivity contribution in [3.63, 3.8) is 0 Å². The highest BCUT2D eigenvalue weighted by atomic mass is 32.1. The topological polar surface area (TPSA) is 67.3 Å². The lowest BCUT2D eigenvalue weighted by molar-refractivity contribution is -0.125. The second-order valence-corrected chi connectivity index (χ2v) is 9.10. The SMILES string of the molecule is COCc1cccc(CNC(=O)C2CCN(c3ncnc4sc(C)c(C)c34)CC2)c1. The average molecular weight is 425 g/mol. The van der Waals surface area contributed by atoms with Gasteiger partial charge in [-0.1, -0.05) is 24.3 Å². The number of carbonyl (C=O) groups excluding carboxylic acids is 1. The Morgan fingerprint density at radius 2 is 2.00 bits per heavy atom. The van der Waals surface area contributed by atoms with Gasteiger partial charge in [-0.2, -0.15) is 0 Å². The van der Waals surface area contributed by atoms with E-state index in [4.69, 9.17) is 4.74 Å². The molecule has 1 aromatic carbocycles. The normalized spacial score (nSPS) is 15.0. The van der Waals surface area contributed by atoms with E-state index in [-0.39, 0.29) is 11.8 Å². The number of carbonyl (C=O) groups is 1. The Hall–Kier alpha value is -2.51. The third kappa shape index (κ3) is 4.32. The Kier molecular flexibility index (Phi) is 6.29. The van der Waals surface area contributed by atoms with Gasteiger partial charge >= 0.3 is 0 Å². The highest BCUT2D eigenvalue weighted by Gasteiger charge is 2.27. The third-order valence-corrected chi connectivity index (χ3v) is 7.00. The molecule has 0 atom stereocenters. The Labute approximate surface area is 181 Å². The molecule has 30 heavy (non-hydrogen) atoms. The number of rotatable bonds is 6. The number of methoxy groups -OCH3 is 1. The number of piperidine rings is 1. The molecule has 3 heterocycles. The minimum absolute atomic E-state index is 0.0473. The van der Waals surface area contributed by atoms with Crippen LogP contribution in [0.3, 0.4) is 0 Å². The van der Waals surface area contributed by atoms with Crippen molar-refractivity contribution in [2.24, 2.45) is 5.92 Å². The molecule has 0 unspecified atom stereocenters. The van der Waals surface area contributed by atoms with Crippen molar-refractivity contribution in [2.45, 2.75) is 39.8 Å². The van der Waals surface area contributed by atoms with Crippen molar-refractivity contribution in [1.82, 2.24) is 15.3 Å². The summed E-state index contributed by atoms with van der Waals surface area (Å²) in [5.74, 6) is 1.20. The van der Waals surface area contributed by atoms with E-state index in [0.717, 1.165) is 47.7 Å². The zero-order valence-electron chi connectivity index (χ0n) is 17.8. The first-order chi connectivity index (χ1) is 14.6. The summed E-state index contributed by atoms with van der Waals surface area (Å²) in [4.78, 5) is 26.4. The van der Waals surface area contributed by atoms with Crippen LogP contribution in [0, 0.1) is 19.8 Å². The van der Waals surface area contributed by atoms with E-state index in [1.165, 1.54) is 15.8 Å². The fourth-order valence-electron chi connectivity index (χ4n) is 4.09. The van der Waals surface area contributed by atoms with Gasteiger partial charge in [-0.05, 0) is 43.4 Å². The zero-order valence-corrected chi connectivity index (χ0v) is 18.6. The van der Waals surface area contributed by atoms with E-state index in [9.17, 15) is 4.79 Å². The second kappa shape index (κ2) is 9.10. The molecule has 1 saturated heterocycles. The number of hydrogen-bond donors (Lipinski definition) is 1. The molecule has 1 fully saturated rings. The summed E-state index contributed by atoms with van der Waals surface area (Å²) in [6, 6.07) is 8.15. The van der Waals surface area contributed by atoms with E-state index in [1.807, 2.05) is 18.2 Å². The first kappa shape index (κ1) is 20.8. The van der Waals surface area contributed by atoms with Crippen LogP contribution in [-0.4, -0.2) is 36.1 Å². The zero-order chi connectivity index (χ0) is 21.1. The van der Waals surface area contributed by atoms with Gasteiger partial charge in [-0.15, -0.1) is 11.3 Å². The summed E-state index contributed by atoms with van der Waals surface area (Å²) >= 11 is 1.72. The summed E-state index contributed by atoms with van der Waals surface area (Å²) in [6.07, 6.45) is 3.33. The lowest BCUT2D eigenvalue weighted by Gasteiger charge is -2.32. The maximum atomic E-state index is 12.7. The second-order valence-electron chi connectivity index (χ2n) is 7.89. The molecule has 7 heteroatoms. The van der Waals surface area contributed by atoms with Crippen molar-refractivity contribution in [2.75, 3.05) is 25.1 Å². The first-order valence-corrected chi connectivity index (χ1v) is 11.2. The van der Waals surface area contributed by atoms with E-state index in [0.29, 0.717) is 13.2 Å². The van der Waals surface area contributed by atoms with Crippen LogP contribution in [0.25, 0.3) is 10.2 Å². The number of amides is 1. The maximum absolute atomic E-state index is 12.7. The lowest BCUT2D eigenvalue weighted by Crippen LogP contribution is -2.40. The van der Waals surface area contributed by atoms with Crippen molar-refractivity contribution in [3.8, 4) is 0 Å².